The number of rotatable bonds is 3. The fourth-order valence-corrected chi connectivity index (χ4v) is 2.57. The fraction of sp³-hybridized carbons (Fsp3) is 0.667. The number of hydrogen-bond acceptors (Lipinski definition) is 4. The van der Waals surface area contributed by atoms with Crippen molar-refractivity contribution < 1.29 is 0 Å². The molecular weight excluding hydrogens is 236 g/mol. The van der Waals surface area contributed by atoms with Gasteiger partial charge in [-0.1, -0.05) is 13.8 Å². The lowest BCUT2D eigenvalue weighted by molar-refractivity contribution is 0.253. The molecule has 0 aliphatic carbocycles. The SMILES string of the molecule is CC(C)C(C#N)c1nccc(C2CCN(C)CC2)n1. The van der Waals surface area contributed by atoms with E-state index in [-0.39, 0.29) is 11.8 Å². The third-order valence-electron chi connectivity index (χ3n) is 3.92. The molecule has 0 aromatic carbocycles. The van der Waals surface area contributed by atoms with Crippen LogP contribution >= 0.6 is 0 Å². The van der Waals surface area contributed by atoms with E-state index in [0.29, 0.717) is 11.7 Å². The first-order valence-corrected chi connectivity index (χ1v) is 7.02. The van der Waals surface area contributed by atoms with Crippen molar-refractivity contribution in [2.75, 3.05) is 20.1 Å². The molecule has 0 amide bonds. The molecular formula is C15H22N4. The second kappa shape index (κ2) is 6.12. The maximum Gasteiger partial charge on any atom is 0.145 e. The van der Waals surface area contributed by atoms with Crippen LogP contribution in [-0.4, -0.2) is 35.0 Å². The van der Waals surface area contributed by atoms with Crippen molar-refractivity contribution in [3.05, 3.63) is 23.8 Å². The summed E-state index contributed by atoms with van der Waals surface area (Å²) >= 11 is 0. The molecule has 0 saturated carbocycles. The normalized spacial score (nSPS) is 19.3. The topological polar surface area (TPSA) is 52.8 Å². The first-order chi connectivity index (χ1) is 9.11. The van der Waals surface area contributed by atoms with Crippen molar-refractivity contribution in [2.45, 2.75) is 38.5 Å². The molecule has 1 aliphatic rings. The van der Waals surface area contributed by atoms with Crippen LogP contribution in [0.1, 0.15) is 50.0 Å². The van der Waals surface area contributed by atoms with Gasteiger partial charge in [0.2, 0.25) is 0 Å². The number of hydrogen-bond donors (Lipinski definition) is 0. The molecule has 1 unspecified atom stereocenters. The number of nitriles is 1. The fourth-order valence-electron chi connectivity index (χ4n) is 2.57. The summed E-state index contributed by atoms with van der Waals surface area (Å²) in [6.07, 6.45) is 4.10. The van der Waals surface area contributed by atoms with E-state index in [4.69, 9.17) is 0 Å². The van der Waals surface area contributed by atoms with Crippen LogP contribution in [0, 0.1) is 17.2 Å². The van der Waals surface area contributed by atoms with Crippen molar-refractivity contribution in [1.29, 1.82) is 5.26 Å². The van der Waals surface area contributed by atoms with Crippen LogP contribution in [0.2, 0.25) is 0 Å². The Bertz CT molecular complexity index is 455. The van der Waals surface area contributed by atoms with E-state index < -0.39 is 0 Å². The molecule has 1 aromatic rings. The van der Waals surface area contributed by atoms with Crippen molar-refractivity contribution in [3.8, 4) is 6.07 Å². The average molecular weight is 258 g/mol. The summed E-state index contributed by atoms with van der Waals surface area (Å²) < 4.78 is 0. The Morgan fingerprint density at radius 1 is 1.37 bits per heavy atom. The number of aromatic nitrogens is 2. The molecule has 0 N–H and O–H groups in total. The smallest absolute Gasteiger partial charge is 0.145 e. The molecule has 19 heavy (non-hydrogen) atoms. The van der Waals surface area contributed by atoms with E-state index in [9.17, 15) is 5.26 Å². The molecule has 4 heteroatoms. The predicted octanol–water partition coefficient (Wildman–Crippen LogP) is 2.55. The summed E-state index contributed by atoms with van der Waals surface area (Å²) in [5.41, 5.74) is 1.11. The minimum Gasteiger partial charge on any atom is -0.306 e. The Morgan fingerprint density at radius 3 is 2.63 bits per heavy atom. The molecule has 102 valence electrons. The van der Waals surface area contributed by atoms with Gasteiger partial charge in [-0.05, 0) is 45.0 Å². The Kier molecular flexibility index (Phi) is 4.49. The highest BCUT2D eigenvalue weighted by Gasteiger charge is 2.22. The molecule has 2 heterocycles. The molecule has 1 aromatic heterocycles. The van der Waals surface area contributed by atoms with Crippen molar-refractivity contribution in [3.63, 3.8) is 0 Å². The molecule has 1 saturated heterocycles. The summed E-state index contributed by atoms with van der Waals surface area (Å²) in [5.74, 6) is 1.25. The zero-order chi connectivity index (χ0) is 13.8. The van der Waals surface area contributed by atoms with Gasteiger partial charge in [0.15, 0.2) is 0 Å². The Balaban J connectivity index is 2.17. The van der Waals surface area contributed by atoms with Gasteiger partial charge in [-0.2, -0.15) is 5.26 Å². The van der Waals surface area contributed by atoms with Crippen LogP contribution < -0.4 is 0 Å². The van der Waals surface area contributed by atoms with E-state index in [1.807, 2.05) is 26.1 Å². The summed E-state index contributed by atoms with van der Waals surface area (Å²) in [7, 11) is 2.16. The summed E-state index contributed by atoms with van der Waals surface area (Å²) in [5, 5.41) is 9.25. The van der Waals surface area contributed by atoms with Gasteiger partial charge >= 0.3 is 0 Å². The molecule has 4 nitrogen and oxygen atoms in total. The highest BCUT2D eigenvalue weighted by molar-refractivity contribution is 5.16. The number of likely N-dealkylation sites (tertiary alicyclic amines) is 1. The van der Waals surface area contributed by atoms with Crippen molar-refractivity contribution in [1.82, 2.24) is 14.9 Å². The molecule has 0 radical (unpaired) electrons. The van der Waals surface area contributed by atoms with E-state index in [0.717, 1.165) is 31.6 Å². The first kappa shape index (κ1) is 14.0. The van der Waals surface area contributed by atoms with E-state index in [1.165, 1.54) is 0 Å². The van der Waals surface area contributed by atoms with Gasteiger partial charge in [-0.15, -0.1) is 0 Å². The van der Waals surface area contributed by atoms with Crippen LogP contribution in [0.3, 0.4) is 0 Å². The molecule has 1 aliphatic heterocycles. The van der Waals surface area contributed by atoms with Crippen LogP contribution in [0.15, 0.2) is 12.3 Å². The van der Waals surface area contributed by atoms with Gasteiger partial charge in [0.1, 0.15) is 11.7 Å². The van der Waals surface area contributed by atoms with Crippen molar-refractivity contribution >= 4 is 0 Å². The standard InChI is InChI=1S/C15H22N4/c1-11(2)13(10-16)15-17-7-4-14(18-15)12-5-8-19(3)9-6-12/h4,7,11-13H,5-6,8-9H2,1-3H3. The van der Waals surface area contributed by atoms with Crippen molar-refractivity contribution in [2.24, 2.45) is 5.92 Å². The summed E-state index contributed by atoms with van der Waals surface area (Å²) in [6.45, 7) is 6.32. The van der Waals surface area contributed by atoms with Gasteiger partial charge in [-0.3, -0.25) is 0 Å². The lowest BCUT2D eigenvalue weighted by Gasteiger charge is -2.28. The maximum absolute atomic E-state index is 9.25. The second-order valence-electron chi connectivity index (χ2n) is 5.77. The molecule has 1 fully saturated rings. The van der Waals surface area contributed by atoms with Crippen LogP contribution in [0.5, 0.6) is 0 Å². The summed E-state index contributed by atoms with van der Waals surface area (Å²) in [6, 6.07) is 4.33. The highest BCUT2D eigenvalue weighted by atomic mass is 15.1. The zero-order valence-corrected chi connectivity index (χ0v) is 12.0. The van der Waals surface area contributed by atoms with Gasteiger partial charge in [0.25, 0.3) is 0 Å². The summed E-state index contributed by atoms with van der Waals surface area (Å²) in [4.78, 5) is 11.3. The molecule has 0 bridgehead atoms. The number of nitrogens with zero attached hydrogens (tertiary/aromatic N) is 4. The quantitative estimate of drug-likeness (QED) is 0.836. The Hall–Kier alpha value is -1.47. The van der Waals surface area contributed by atoms with E-state index in [1.54, 1.807) is 0 Å². The lowest BCUT2D eigenvalue weighted by atomic mass is 9.92. The van der Waals surface area contributed by atoms with Gasteiger partial charge in [0, 0.05) is 17.8 Å². The number of piperidine rings is 1. The molecule has 1 atom stereocenters. The maximum atomic E-state index is 9.25. The average Bonchev–Trinajstić information content (AvgIpc) is 2.40. The zero-order valence-electron chi connectivity index (χ0n) is 12.0. The third-order valence-corrected chi connectivity index (χ3v) is 3.92. The first-order valence-electron chi connectivity index (χ1n) is 7.02. The van der Waals surface area contributed by atoms with Gasteiger partial charge in [-0.25, -0.2) is 9.97 Å². The van der Waals surface area contributed by atoms with Crippen LogP contribution in [0.4, 0.5) is 0 Å². The van der Waals surface area contributed by atoms with Gasteiger partial charge < -0.3 is 4.90 Å². The Morgan fingerprint density at radius 2 is 2.05 bits per heavy atom. The van der Waals surface area contributed by atoms with Crippen LogP contribution in [-0.2, 0) is 0 Å². The minimum atomic E-state index is -0.203. The molecule has 0 spiro atoms. The van der Waals surface area contributed by atoms with E-state index >= 15 is 0 Å². The molecule has 2 rings (SSSR count). The predicted molar refractivity (Wildman–Crippen MR) is 74.7 cm³/mol. The Labute approximate surface area is 115 Å². The highest BCUT2D eigenvalue weighted by Crippen LogP contribution is 2.27. The second-order valence-corrected chi connectivity index (χ2v) is 5.77. The monoisotopic (exact) mass is 258 g/mol. The van der Waals surface area contributed by atoms with E-state index in [2.05, 4.69) is 28.0 Å². The lowest BCUT2D eigenvalue weighted by Crippen LogP contribution is -2.29. The largest absolute Gasteiger partial charge is 0.306 e. The minimum absolute atomic E-state index is 0.203. The van der Waals surface area contributed by atoms with Gasteiger partial charge in [0.05, 0.1) is 6.07 Å². The van der Waals surface area contributed by atoms with Crippen LogP contribution in [0.25, 0.3) is 0 Å². The third kappa shape index (κ3) is 3.30.